The maximum absolute atomic E-state index is 14.1. The molecule has 0 saturated carbocycles. The van der Waals surface area contributed by atoms with E-state index in [9.17, 15) is 4.79 Å². The number of carbonyl (C=O) groups excluding carboxylic acids is 1. The third kappa shape index (κ3) is 17.4. The third-order valence-electron chi connectivity index (χ3n) is 10.0. The van der Waals surface area contributed by atoms with Crippen molar-refractivity contribution in [1.29, 1.82) is 0 Å². The minimum absolute atomic E-state index is 0. The average Bonchev–Trinajstić information content (AvgIpc) is 3.37. The molecule has 0 saturated heterocycles. The number of hydrogen-bond acceptors (Lipinski definition) is 2. The fourth-order valence-corrected chi connectivity index (χ4v) is 13.6. The summed E-state index contributed by atoms with van der Waals surface area (Å²) >= 11 is 9.53. The summed E-state index contributed by atoms with van der Waals surface area (Å²) in [5.41, 5.74) is 3.06. The molecule has 69 heavy (non-hydrogen) atoms. The molecule has 0 fully saturated rings. The number of allylic oxidation sites excluding steroid dienone is 3. The van der Waals surface area contributed by atoms with E-state index in [1.165, 1.54) is 15.9 Å². The Labute approximate surface area is 446 Å². The van der Waals surface area contributed by atoms with Gasteiger partial charge in [0.05, 0.1) is 17.3 Å². The second-order valence-corrected chi connectivity index (χ2v) is 20.4. The van der Waals surface area contributed by atoms with Gasteiger partial charge in [0, 0.05) is 0 Å². The summed E-state index contributed by atoms with van der Waals surface area (Å²) in [6, 6.07) is 83.6. The molecule has 0 aliphatic rings. The van der Waals surface area contributed by atoms with Crippen LogP contribution < -0.4 is 56.6 Å². The Morgan fingerprint density at radius 3 is 1.17 bits per heavy atom. The molecular formula is C58H54Cl4O4OsP2. The van der Waals surface area contributed by atoms with E-state index in [1.807, 2.05) is 104 Å². The van der Waals surface area contributed by atoms with Crippen molar-refractivity contribution < 1.29 is 65.1 Å². The molecular weight excluding hydrogens is 1150 g/mol. The van der Waals surface area contributed by atoms with E-state index in [4.69, 9.17) is 27.9 Å². The minimum atomic E-state index is -2.71. The van der Waals surface area contributed by atoms with E-state index in [0.29, 0.717) is 5.31 Å². The zero-order chi connectivity index (χ0) is 44.7. The van der Waals surface area contributed by atoms with Crippen LogP contribution in [0.1, 0.15) is 18.1 Å². The smallest absolute Gasteiger partial charge is 1.00 e. The van der Waals surface area contributed by atoms with Gasteiger partial charge in [-0.05, 0) is 67.2 Å². The molecule has 356 valence electrons. The van der Waals surface area contributed by atoms with Crippen molar-refractivity contribution in [1.82, 2.24) is 0 Å². The predicted molar refractivity (Wildman–Crippen MR) is 286 cm³/mol. The Morgan fingerprint density at radius 1 is 0.536 bits per heavy atom. The molecule has 0 atom stereocenters. The van der Waals surface area contributed by atoms with E-state index in [0.717, 1.165) is 32.6 Å². The third-order valence-corrected chi connectivity index (χ3v) is 16.6. The first kappa shape index (κ1) is 62.0. The normalized spacial score (nSPS) is 10.4. The molecule has 0 amide bonds. The first-order valence-electron chi connectivity index (χ1n) is 21.0. The van der Waals surface area contributed by atoms with E-state index in [2.05, 4.69) is 171 Å². The number of rotatable bonds is 14. The van der Waals surface area contributed by atoms with Gasteiger partial charge in [-0.1, -0.05) is 170 Å². The van der Waals surface area contributed by atoms with Crippen LogP contribution in [0.5, 0.6) is 0 Å². The van der Waals surface area contributed by atoms with Crippen LogP contribution >= 0.6 is 38.4 Å². The SMILES string of the molecule is CCOC(=O)C(=[C-]/C=C(\[CH-][CH-]c1ccccc1)c1ccccc1)[P+](c1ccccc1)(c1ccccc1)c1ccccc1.ClCCl.O.O.[Cl-].[Cl-].[Os+4].c1ccc(P(c2ccccc2)c2ccccc2)cc1. The van der Waals surface area contributed by atoms with Crippen molar-refractivity contribution in [3.05, 3.63) is 284 Å². The van der Waals surface area contributed by atoms with E-state index >= 15 is 0 Å². The van der Waals surface area contributed by atoms with Gasteiger partial charge in [0.1, 0.15) is 23.2 Å². The zero-order valence-electron chi connectivity index (χ0n) is 37.8. The van der Waals surface area contributed by atoms with E-state index in [1.54, 1.807) is 0 Å². The van der Waals surface area contributed by atoms with Gasteiger partial charge in [-0.15, -0.1) is 47.5 Å². The first-order chi connectivity index (χ1) is 31.6. The van der Waals surface area contributed by atoms with E-state index in [-0.39, 0.29) is 73.5 Å². The number of esters is 1. The molecule has 0 unspecified atom stereocenters. The van der Waals surface area contributed by atoms with Crippen molar-refractivity contribution >= 4 is 81.8 Å². The molecule has 0 aliphatic carbocycles. The van der Waals surface area contributed by atoms with Crippen molar-refractivity contribution in [3.63, 3.8) is 0 Å². The fourth-order valence-electron chi connectivity index (χ4n) is 7.21. The molecule has 11 heteroatoms. The number of hydrogen-bond donors (Lipinski definition) is 0. The van der Waals surface area contributed by atoms with Crippen molar-refractivity contribution in [2.75, 3.05) is 11.9 Å². The second kappa shape index (κ2) is 34.3. The molecule has 8 aromatic rings. The standard InChI is InChI=1S/C39H33O2P.C18H15P.CH2Cl2.2ClH.2H2O.Os/c1-2-41-39(40)38(31-30-34(33-20-10-4-11-21-33)29-28-32-18-8-3-9-19-32)42(35-22-12-5-13-23-35,36-24-14-6-15-25-36)37-26-16-7-17-27-37;1-4-10-16(11-5-1)19(17-12-6-2-7-13-17)18-14-8-3-9-15-18;2-1-3;;;;;/h3-30H,2H2,1H3;1-15H;1H2;2*1H;2*1H2;/q-2;;;;;;;+4/p-2/b34-30+;;;;;;;. The van der Waals surface area contributed by atoms with Gasteiger partial charge in [0.15, 0.2) is 0 Å². The van der Waals surface area contributed by atoms with Gasteiger partial charge in [0.2, 0.25) is 0 Å². The Bertz CT molecular complexity index is 2430. The maximum atomic E-state index is 14.1. The molecule has 0 radical (unpaired) electrons. The van der Waals surface area contributed by atoms with Crippen LogP contribution in [0.15, 0.2) is 254 Å². The summed E-state index contributed by atoms with van der Waals surface area (Å²) in [6.07, 6.45) is 9.65. The van der Waals surface area contributed by atoms with Crippen LogP contribution in [0.4, 0.5) is 0 Å². The Kier molecular flexibility index (Phi) is 30.9. The minimum Gasteiger partial charge on any atom is -1.00 e. The summed E-state index contributed by atoms with van der Waals surface area (Å²) < 4.78 is 5.78. The van der Waals surface area contributed by atoms with Crippen molar-refractivity contribution in [3.8, 4) is 0 Å². The molecule has 8 rings (SSSR count). The number of carbonyl (C=O) groups is 1. The number of benzene rings is 8. The molecule has 4 nitrogen and oxygen atoms in total. The van der Waals surface area contributed by atoms with Crippen LogP contribution in [0.2, 0.25) is 0 Å². The van der Waals surface area contributed by atoms with Gasteiger partial charge >= 0.3 is 19.8 Å². The van der Waals surface area contributed by atoms with Gasteiger partial charge in [-0.25, -0.2) is 12.0 Å². The average molecular weight is 1210 g/mol. The second-order valence-electron chi connectivity index (χ2n) is 14.0. The van der Waals surface area contributed by atoms with Gasteiger partial charge in [0.25, 0.3) is 5.97 Å². The molecule has 0 bridgehead atoms. The monoisotopic (exact) mass is 1210 g/mol. The largest absolute Gasteiger partial charge is 4.00 e. The van der Waals surface area contributed by atoms with Gasteiger partial charge in [-0.3, -0.25) is 18.1 Å². The Balaban J connectivity index is 0.000000743. The van der Waals surface area contributed by atoms with Gasteiger partial charge in [-0.2, -0.15) is 23.8 Å². The molecule has 0 heterocycles. The summed E-state index contributed by atoms with van der Waals surface area (Å²) in [4.78, 5) is 14.1. The molecule has 4 N–H and O–H groups in total. The van der Waals surface area contributed by atoms with Crippen LogP contribution in [-0.4, -0.2) is 28.9 Å². The van der Waals surface area contributed by atoms with Crippen LogP contribution in [-0.2, 0) is 29.3 Å². The topological polar surface area (TPSA) is 89.3 Å². The number of ether oxygens (including phenoxy) is 1. The van der Waals surface area contributed by atoms with Crippen LogP contribution in [0, 0.1) is 18.9 Å². The fraction of sp³-hybridized carbons (Fsp3) is 0.0517. The van der Waals surface area contributed by atoms with Crippen molar-refractivity contribution in [2.45, 2.75) is 6.92 Å². The Hall–Kier alpha value is -4.97. The summed E-state index contributed by atoms with van der Waals surface area (Å²) in [6.45, 7) is 2.11. The Morgan fingerprint density at radius 2 is 0.841 bits per heavy atom. The molecule has 0 aromatic heterocycles. The summed E-state index contributed by atoms with van der Waals surface area (Å²) in [7, 11) is -3.16. The van der Waals surface area contributed by atoms with Crippen molar-refractivity contribution in [2.24, 2.45) is 0 Å². The number of alkyl halides is 2. The predicted octanol–water partition coefficient (Wildman–Crippen LogP) is 4.99. The summed E-state index contributed by atoms with van der Waals surface area (Å²) in [5.74, 6) is -0.363. The van der Waals surface area contributed by atoms with Crippen LogP contribution in [0.25, 0.3) is 5.57 Å². The van der Waals surface area contributed by atoms with E-state index < -0.39 is 15.2 Å². The summed E-state index contributed by atoms with van der Waals surface area (Å²) in [5, 5.41) is 8.10. The zero-order valence-corrected chi connectivity index (χ0v) is 45.2. The molecule has 0 aliphatic heterocycles. The maximum Gasteiger partial charge on any atom is 4.00 e. The first-order valence-corrected chi connectivity index (χ1v) is 25.2. The molecule has 0 spiro atoms. The quantitative estimate of drug-likeness (QED) is 0.0384. The van der Waals surface area contributed by atoms with Gasteiger partial charge < -0.3 is 45.3 Å². The number of halogens is 4. The van der Waals surface area contributed by atoms with Crippen LogP contribution in [0.3, 0.4) is 0 Å². The molecule has 8 aromatic carbocycles.